The zero-order chi connectivity index (χ0) is 22.1. The Labute approximate surface area is 172 Å². The van der Waals surface area contributed by atoms with Crippen molar-refractivity contribution in [1.29, 1.82) is 0 Å². The van der Waals surface area contributed by atoms with Gasteiger partial charge >= 0.3 is 12.6 Å². The first-order chi connectivity index (χ1) is 14.3. The van der Waals surface area contributed by atoms with Gasteiger partial charge in [0.1, 0.15) is 29.4 Å². The first-order valence-electron chi connectivity index (χ1n) is 9.26. The van der Waals surface area contributed by atoms with Gasteiger partial charge in [0.15, 0.2) is 5.96 Å². The SMILES string of the molecule is CCNC(=NCc1cc(C(=O)OC)c(C)o1)NCC(O)c1ccc(OC(F)F)cc1. The molecule has 0 aliphatic carbocycles. The summed E-state index contributed by atoms with van der Waals surface area (Å²) in [6, 6.07) is 7.32. The Kier molecular flexibility index (Phi) is 8.60. The molecule has 2 rings (SSSR count). The topological polar surface area (TPSA) is 105 Å². The summed E-state index contributed by atoms with van der Waals surface area (Å²) >= 11 is 0. The standard InChI is InChI=1S/C20H25F2N3O5/c1-4-23-20(24-10-15-9-16(12(2)29-15)18(27)28-3)25-11-17(26)13-5-7-14(8-6-13)30-19(21)22/h5-9,17,19,26H,4,10-11H2,1-3H3,(H2,23,24,25). The summed E-state index contributed by atoms with van der Waals surface area (Å²) in [6.07, 6.45) is -0.897. The van der Waals surface area contributed by atoms with Crippen LogP contribution < -0.4 is 15.4 Å². The van der Waals surface area contributed by atoms with E-state index in [1.54, 1.807) is 13.0 Å². The Bertz CT molecular complexity index is 853. The molecule has 1 aromatic carbocycles. The molecular formula is C20H25F2N3O5. The number of carbonyl (C=O) groups excluding carboxylic acids is 1. The van der Waals surface area contributed by atoms with Crippen molar-refractivity contribution in [3.8, 4) is 5.75 Å². The van der Waals surface area contributed by atoms with Gasteiger partial charge in [-0.25, -0.2) is 9.79 Å². The van der Waals surface area contributed by atoms with E-state index in [4.69, 9.17) is 9.15 Å². The molecule has 2 aromatic rings. The van der Waals surface area contributed by atoms with Gasteiger partial charge in [0.25, 0.3) is 0 Å². The number of aryl methyl sites for hydroxylation is 1. The minimum absolute atomic E-state index is 0.0175. The third-order valence-corrected chi connectivity index (χ3v) is 4.06. The van der Waals surface area contributed by atoms with E-state index in [1.807, 2.05) is 6.92 Å². The number of hydrogen-bond acceptors (Lipinski definition) is 6. The average Bonchev–Trinajstić information content (AvgIpc) is 3.10. The van der Waals surface area contributed by atoms with Crippen LogP contribution in [0, 0.1) is 6.92 Å². The number of aliphatic imine (C=N–C) groups is 1. The molecule has 1 atom stereocenters. The van der Waals surface area contributed by atoms with E-state index in [2.05, 4.69) is 20.4 Å². The van der Waals surface area contributed by atoms with Gasteiger partial charge in [-0.2, -0.15) is 8.78 Å². The number of hydrogen-bond donors (Lipinski definition) is 3. The quantitative estimate of drug-likeness (QED) is 0.322. The van der Waals surface area contributed by atoms with Crippen molar-refractivity contribution in [2.75, 3.05) is 20.2 Å². The number of carbonyl (C=O) groups is 1. The number of rotatable bonds is 9. The van der Waals surface area contributed by atoms with E-state index in [-0.39, 0.29) is 18.8 Å². The molecule has 0 aliphatic rings. The minimum Gasteiger partial charge on any atom is -0.465 e. The Morgan fingerprint density at radius 1 is 1.27 bits per heavy atom. The molecule has 1 heterocycles. The van der Waals surface area contributed by atoms with E-state index in [0.717, 1.165) is 0 Å². The van der Waals surface area contributed by atoms with Crippen molar-refractivity contribution in [3.63, 3.8) is 0 Å². The predicted octanol–water partition coefficient (Wildman–Crippen LogP) is 2.76. The molecule has 0 saturated heterocycles. The molecule has 1 aromatic heterocycles. The smallest absolute Gasteiger partial charge is 0.387 e. The Morgan fingerprint density at radius 3 is 2.57 bits per heavy atom. The summed E-state index contributed by atoms with van der Waals surface area (Å²) in [5, 5.41) is 16.4. The summed E-state index contributed by atoms with van der Waals surface area (Å²) < 4.78 is 38.9. The lowest BCUT2D eigenvalue weighted by Gasteiger charge is -2.16. The fourth-order valence-corrected chi connectivity index (χ4v) is 2.62. The molecule has 0 spiro atoms. The fourth-order valence-electron chi connectivity index (χ4n) is 2.62. The number of aliphatic hydroxyl groups excluding tert-OH is 1. The van der Waals surface area contributed by atoms with E-state index in [9.17, 15) is 18.7 Å². The maximum atomic E-state index is 12.2. The highest BCUT2D eigenvalue weighted by molar-refractivity contribution is 5.90. The summed E-state index contributed by atoms with van der Waals surface area (Å²) in [6.45, 7) is 1.54. The Hall–Kier alpha value is -3.14. The Morgan fingerprint density at radius 2 is 1.97 bits per heavy atom. The number of guanidine groups is 1. The zero-order valence-electron chi connectivity index (χ0n) is 16.9. The average molecular weight is 425 g/mol. The van der Waals surface area contributed by atoms with Gasteiger partial charge in [-0.05, 0) is 37.6 Å². The lowest BCUT2D eigenvalue weighted by atomic mass is 10.1. The molecule has 0 radical (unpaired) electrons. The van der Waals surface area contributed by atoms with Crippen LogP contribution in [0.4, 0.5) is 8.78 Å². The van der Waals surface area contributed by atoms with Crippen LogP contribution in [0.15, 0.2) is 39.7 Å². The van der Waals surface area contributed by atoms with Crippen LogP contribution >= 0.6 is 0 Å². The predicted molar refractivity (Wildman–Crippen MR) is 106 cm³/mol. The lowest BCUT2D eigenvalue weighted by molar-refractivity contribution is -0.0498. The van der Waals surface area contributed by atoms with E-state index < -0.39 is 18.7 Å². The summed E-state index contributed by atoms with van der Waals surface area (Å²) in [5.74, 6) is 0.899. The van der Waals surface area contributed by atoms with Crippen molar-refractivity contribution in [3.05, 3.63) is 53.0 Å². The molecule has 0 aliphatic heterocycles. The van der Waals surface area contributed by atoms with Gasteiger partial charge in [-0.3, -0.25) is 0 Å². The van der Waals surface area contributed by atoms with Crippen LogP contribution in [-0.2, 0) is 11.3 Å². The second-order valence-corrected chi connectivity index (χ2v) is 6.21. The largest absolute Gasteiger partial charge is 0.465 e. The van der Waals surface area contributed by atoms with Crippen LogP contribution in [0.25, 0.3) is 0 Å². The summed E-state index contributed by atoms with van der Waals surface area (Å²) in [4.78, 5) is 16.0. The molecule has 10 heteroatoms. The maximum absolute atomic E-state index is 12.2. The molecule has 0 saturated carbocycles. The van der Waals surface area contributed by atoms with Crippen molar-refractivity contribution in [2.24, 2.45) is 4.99 Å². The number of ether oxygens (including phenoxy) is 2. The van der Waals surface area contributed by atoms with Crippen LogP contribution in [0.5, 0.6) is 5.75 Å². The van der Waals surface area contributed by atoms with E-state index in [0.29, 0.717) is 35.2 Å². The molecule has 0 amide bonds. The normalized spacial score (nSPS) is 12.6. The molecular weight excluding hydrogens is 400 g/mol. The molecule has 0 fully saturated rings. The van der Waals surface area contributed by atoms with Gasteiger partial charge in [-0.15, -0.1) is 0 Å². The van der Waals surface area contributed by atoms with Crippen LogP contribution in [0.3, 0.4) is 0 Å². The number of esters is 1. The van der Waals surface area contributed by atoms with Crippen molar-refractivity contribution < 1.29 is 32.6 Å². The fraction of sp³-hybridized carbons (Fsp3) is 0.400. The molecule has 164 valence electrons. The lowest BCUT2D eigenvalue weighted by Crippen LogP contribution is -2.39. The number of methoxy groups -OCH3 is 1. The van der Waals surface area contributed by atoms with Crippen molar-refractivity contribution in [1.82, 2.24) is 10.6 Å². The Balaban J connectivity index is 1.97. The number of benzene rings is 1. The van der Waals surface area contributed by atoms with Gasteiger partial charge in [-0.1, -0.05) is 12.1 Å². The van der Waals surface area contributed by atoms with Gasteiger partial charge in [0.05, 0.1) is 13.2 Å². The second kappa shape index (κ2) is 11.1. The van der Waals surface area contributed by atoms with Gasteiger partial charge in [0.2, 0.25) is 0 Å². The van der Waals surface area contributed by atoms with E-state index in [1.165, 1.54) is 31.4 Å². The monoisotopic (exact) mass is 425 g/mol. The van der Waals surface area contributed by atoms with Crippen LogP contribution in [0.2, 0.25) is 0 Å². The van der Waals surface area contributed by atoms with Gasteiger partial charge in [0, 0.05) is 13.1 Å². The third-order valence-electron chi connectivity index (χ3n) is 4.06. The zero-order valence-corrected chi connectivity index (χ0v) is 16.9. The number of halogens is 2. The number of nitrogens with one attached hydrogen (secondary N) is 2. The number of furan rings is 1. The molecule has 8 nitrogen and oxygen atoms in total. The number of aliphatic hydroxyl groups is 1. The molecule has 3 N–H and O–H groups in total. The third kappa shape index (κ3) is 6.73. The van der Waals surface area contributed by atoms with Crippen molar-refractivity contribution >= 4 is 11.9 Å². The van der Waals surface area contributed by atoms with Crippen LogP contribution in [-0.4, -0.2) is 43.8 Å². The van der Waals surface area contributed by atoms with Gasteiger partial charge < -0.3 is 29.6 Å². The minimum atomic E-state index is -2.90. The van der Waals surface area contributed by atoms with E-state index >= 15 is 0 Å². The molecule has 0 bridgehead atoms. The maximum Gasteiger partial charge on any atom is 0.387 e. The highest BCUT2D eigenvalue weighted by atomic mass is 19.3. The number of nitrogens with zero attached hydrogens (tertiary/aromatic N) is 1. The highest BCUT2D eigenvalue weighted by Crippen LogP contribution is 2.19. The van der Waals surface area contributed by atoms with Crippen molar-refractivity contribution in [2.45, 2.75) is 33.1 Å². The first kappa shape index (κ1) is 23.1. The highest BCUT2D eigenvalue weighted by Gasteiger charge is 2.15. The second-order valence-electron chi connectivity index (χ2n) is 6.21. The summed E-state index contributed by atoms with van der Waals surface area (Å²) in [7, 11) is 1.30. The summed E-state index contributed by atoms with van der Waals surface area (Å²) in [5.41, 5.74) is 0.875. The molecule has 1 unspecified atom stereocenters. The van der Waals surface area contributed by atoms with Crippen LogP contribution in [0.1, 0.15) is 40.5 Å². The molecule has 30 heavy (non-hydrogen) atoms. The first-order valence-corrected chi connectivity index (χ1v) is 9.26. The number of alkyl halides is 2.